The first-order valence-corrected chi connectivity index (χ1v) is 7.75. The summed E-state index contributed by atoms with van der Waals surface area (Å²) in [6, 6.07) is 3.91. The molecule has 6 nitrogen and oxygen atoms in total. The van der Waals surface area contributed by atoms with E-state index in [1.54, 1.807) is 6.20 Å². The molecule has 118 valence electrons. The molecule has 6 heteroatoms. The zero-order valence-electron chi connectivity index (χ0n) is 13.3. The van der Waals surface area contributed by atoms with Gasteiger partial charge in [-0.3, -0.25) is 0 Å². The molecule has 0 unspecified atom stereocenters. The van der Waals surface area contributed by atoms with Crippen molar-refractivity contribution in [1.82, 2.24) is 19.7 Å². The summed E-state index contributed by atoms with van der Waals surface area (Å²) >= 11 is 0. The van der Waals surface area contributed by atoms with Crippen molar-refractivity contribution < 1.29 is 5.11 Å². The van der Waals surface area contributed by atoms with Crippen LogP contribution in [0.4, 0.5) is 11.6 Å². The Labute approximate surface area is 130 Å². The molecule has 1 aliphatic carbocycles. The summed E-state index contributed by atoms with van der Waals surface area (Å²) < 4.78 is 2.00. The van der Waals surface area contributed by atoms with Gasteiger partial charge in [0.1, 0.15) is 18.0 Å². The average Bonchev–Trinajstić information content (AvgIpc) is 3.06. The number of nitrogens with one attached hydrogen (secondary N) is 1. The molecule has 1 aliphatic rings. The van der Waals surface area contributed by atoms with Gasteiger partial charge in [-0.15, -0.1) is 0 Å². The van der Waals surface area contributed by atoms with Crippen LogP contribution in [0.25, 0.3) is 0 Å². The van der Waals surface area contributed by atoms with Crippen molar-refractivity contribution >= 4 is 11.6 Å². The molecule has 2 atom stereocenters. The summed E-state index contributed by atoms with van der Waals surface area (Å²) in [7, 11) is 0. The fourth-order valence-corrected chi connectivity index (χ4v) is 2.92. The van der Waals surface area contributed by atoms with Crippen LogP contribution in [-0.2, 0) is 5.54 Å². The number of rotatable bonds is 3. The van der Waals surface area contributed by atoms with E-state index in [4.69, 9.17) is 5.10 Å². The van der Waals surface area contributed by atoms with Gasteiger partial charge in [-0.05, 0) is 46.1 Å². The lowest BCUT2D eigenvalue weighted by molar-refractivity contribution is 0.181. The fourth-order valence-electron chi connectivity index (χ4n) is 2.92. The van der Waals surface area contributed by atoms with Gasteiger partial charge in [0, 0.05) is 18.2 Å². The summed E-state index contributed by atoms with van der Waals surface area (Å²) in [5.41, 5.74) is 0.910. The molecule has 3 rings (SSSR count). The van der Waals surface area contributed by atoms with Crippen LogP contribution in [0.15, 0.2) is 24.7 Å². The lowest BCUT2D eigenvalue weighted by Crippen LogP contribution is -2.24. The molecular formula is C16H23N5O. The van der Waals surface area contributed by atoms with E-state index >= 15 is 0 Å². The van der Waals surface area contributed by atoms with E-state index in [9.17, 15) is 5.11 Å². The largest absolute Gasteiger partial charge is 0.393 e. The Morgan fingerprint density at radius 1 is 1.32 bits per heavy atom. The van der Waals surface area contributed by atoms with E-state index in [-0.39, 0.29) is 11.6 Å². The van der Waals surface area contributed by atoms with E-state index in [2.05, 4.69) is 42.1 Å². The van der Waals surface area contributed by atoms with Crippen molar-refractivity contribution in [2.45, 2.75) is 57.6 Å². The van der Waals surface area contributed by atoms with E-state index < -0.39 is 0 Å². The number of hydrogen-bond donors (Lipinski definition) is 2. The molecule has 2 N–H and O–H groups in total. The molecule has 22 heavy (non-hydrogen) atoms. The Balaban J connectivity index is 1.92. The van der Waals surface area contributed by atoms with E-state index in [1.807, 2.05) is 10.7 Å². The number of nitrogens with zero attached hydrogens (tertiary/aromatic N) is 4. The zero-order chi connectivity index (χ0) is 15.7. The maximum absolute atomic E-state index is 9.76. The minimum Gasteiger partial charge on any atom is -0.393 e. The third-order valence-corrected chi connectivity index (χ3v) is 4.02. The highest BCUT2D eigenvalue weighted by Crippen LogP contribution is 2.36. The van der Waals surface area contributed by atoms with E-state index in [0.29, 0.717) is 5.92 Å². The van der Waals surface area contributed by atoms with Crippen molar-refractivity contribution in [2.24, 2.45) is 0 Å². The van der Waals surface area contributed by atoms with Gasteiger partial charge in [0.15, 0.2) is 0 Å². The molecule has 0 spiro atoms. The minimum atomic E-state index is -0.192. The third kappa shape index (κ3) is 3.11. The SMILES string of the molecule is CC(C)(C)n1nc([C@H]2CC[C@@H](O)C2)cc1Nc1ccncn1. The molecule has 1 saturated carbocycles. The second kappa shape index (κ2) is 5.68. The number of aliphatic hydroxyl groups is 1. The predicted octanol–water partition coefficient (Wildman–Crippen LogP) is 2.80. The Bertz CT molecular complexity index is 632. The molecule has 0 bridgehead atoms. The summed E-state index contributed by atoms with van der Waals surface area (Å²) in [6.07, 6.45) is 5.70. The normalized spacial score (nSPS) is 22.0. The van der Waals surface area contributed by atoms with Gasteiger partial charge in [-0.1, -0.05) is 0 Å². The first-order chi connectivity index (χ1) is 10.4. The van der Waals surface area contributed by atoms with Crippen LogP contribution >= 0.6 is 0 Å². The Morgan fingerprint density at radius 2 is 2.14 bits per heavy atom. The lowest BCUT2D eigenvalue weighted by Gasteiger charge is -2.22. The average molecular weight is 301 g/mol. The van der Waals surface area contributed by atoms with Crippen LogP contribution in [0, 0.1) is 0 Å². The van der Waals surface area contributed by atoms with Crippen molar-refractivity contribution in [1.29, 1.82) is 0 Å². The monoisotopic (exact) mass is 301 g/mol. The first-order valence-electron chi connectivity index (χ1n) is 7.75. The molecule has 0 amide bonds. The molecule has 0 saturated heterocycles. The van der Waals surface area contributed by atoms with Crippen molar-refractivity contribution in [3.05, 3.63) is 30.4 Å². The first kappa shape index (κ1) is 15.0. The second-order valence-corrected chi connectivity index (χ2v) is 6.92. The summed E-state index contributed by atoms with van der Waals surface area (Å²) in [5, 5.41) is 17.9. The van der Waals surface area contributed by atoms with E-state index in [0.717, 1.165) is 36.6 Å². The highest BCUT2D eigenvalue weighted by molar-refractivity contribution is 5.52. The smallest absolute Gasteiger partial charge is 0.134 e. The molecule has 0 aromatic carbocycles. The molecule has 0 radical (unpaired) electrons. The Kier molecular flexibility index (Phi) is 3.87. The maximum atomic E-state index is 9.76. The zero-order valence-corrected chi connectivity index (χ0v) is 13.3. The fraction of sp³-hybridized carbons (Fsp3) is 0.562. The minimum absolute atomic E-state index is 0.134. The topological polar surface area (TPSA) is 75.9 Å². The molecular weight excluding hydrogens is 278 g/mol. The standard InChI is InChI=1S/C16H23N5O/c1-16(2,3)21-15(19-14-6-7-17-10-18-14)9-13(20-21)11-4-5-12(22)8-11/h6-7,9-12,22H,4-5,8H2,1-3H3,(H,17,18,19)/t11-,12+/m0/s1. The maximum Gasteiger partial charge on any atom is 0.134 e. The molecule has 2 heterocycles. The van der Waals surface area contributed by atoms with Crippen LogP contribution in [-0.4, -0.2) is 31.0 Å². The van der Waals surface area contributed by atoms with Gasteiger partial charge < -0.3 is 10.4 Å². The predicted molar refractivity (Wildman–Crippen MR) is 85.1 cm³/mol. The summed E-state index contributed by atoms with van der Waals surface area (Å²) in [6.45, 7) is 6.37. The van der Waals surface area contributed by atoms with Crippen molar-refractivity contribution in [3.8, 4) is 0 Å². The molecule has 2 aromatic heterocycles. The van der Waals surface area contributed by atoms with Crippen LogP contribution in [0.1, 0.15) is 51.6 Å². The summed E-state index contributed by atoms with van der Waals surface area (Å²) in [5.74, 6) is 2.01. The number of anilines is 2. The number of hydrogen-bond acceptors (Lipinski definition) is 5. The van der Waals surface area contributed by atoms with Crippen molar-refractivity contribution in [3.63, 3.8) is 0 Å². The summed E-state index contributed by atoms with van der Waals surface area (Å²) in [4.78, 5) is 8.15. The van der Waals surface area contributed by atoms with Crippen LogP contribution in [0.3, 0.4) is 0 Å². The van der Waals surface area contributed by atoms with Gasteiger partial charge in [0.25, 0.3) is 0 Å². The highest BCUT2D eigenvalue weighted by Gasteiger charge is 2.29. The van der Waals surface area contributed by atoms with Crippen LogP contribution < -0.4 is 5.32 Å². The second-order valence-electron chi connectivity index (χ2n) is 6.92. The Hall–Kier alpha value is -1.95. The third-order valence-electron chi connectivity index (χ3n) is 4.02. The molecule has 0 aliphatic heterocycles. The van der Waals surface area contributed by atoms with Gasteiger partial charge in [-0.2, -0.15) is 5.10 Å². The van der Waals surface area contributed by atoms with Gasteiger partial charge >= 0.3 is 0 Å². The molecule has 2 aromatic rings. The number of aromatic nitrogens is 4. The van der Waals surface area contributed by atoms with Crippen molar-refractivity contribution in [2.75, 3.05) is 5.32 Å². The van der Waals surface area contributed by atoms with E-state index in [1.165, 1.54) is 6.33 Å². The van der Waals surface area contributed by atoms with Crippen LogP contribution in [0.5, 0.6) is 0 Å². The highest BCUT2D eigenvalue weighted by atomic mass is 16.3. The van der Waals surface area contributed by atoms with Gasteiger partial charge in [0.2, 0.25) is 0 Å². The Morgan fingerprint density at radius 3 is 2.73 bits per heavy atom. The van der Waals surface area contributed by atoms with Gasteiger partial charge in [-0.25, -0.2) is 14.6 Å². The quantitative estimate of drug-likeness (QED) is 0.911. The number of aliphatic hydroxyl groups excluding tert-OH is 1. The van der Waals surface area contributed by atoms with Crippen LogP contribution in [0.2, 0.25) is 0 Å². The molecule has 1 fully saturated rings. The lowest BCUT2D eigenvalue weighted by atomic mass is 10.0. The van der Waals surface area contributed by atoms with Gasteiger partial charge in [0.05, 0.1) is 17.3 Å².